The molecule has 0 bridgehead atoms. The highest BCUT2D eigenvalue weighted by atomic mass is 16.1. The molecule has 0 fully saturated rings. The number of hydrogen-bond acceptors (Lipinski definition) is 6. The van der Waals surface area contributed by atoms with Crippen LogP contribution in [0.2, 0.25) is 0 Å². The molecule has 2 aromatic heterocycles. The number of aromatic nitrogens is 6. The van der Waals surface area contributed by atoms with Gasteiger partial charge in [0, 0.05) is 7.05 Å². The minimum absolute atomic E-state index is 0.0354. The fraction of sp³-hybridized carbons (Fsp3) is 0.500. The van der Waals surface area contributed by atoms with Crippen LogP contribution in [0.5, 0.6) is 0 Å². The molecule has 0 saturated heterocycles. The predicted molar refractivity (Wildman–Crippen MR) is 65.8 cm³/mol. The van der Waals surface area contributed by atoms with E-state index < -0.39 is 0 Å². The molecule has 19 heavy (non-hydrogen) atoms. The number of carbonyl (C=O) groups excluding carboxylic acids is 1. The largest absolute Gasteiger partial charge is 0.349 e. The van der Waals surface area contributed by atoms with E-state index in [9.17, 15) is 4.79 Å². The van der Waals surface area contributed by atoms with Crippen LogP contribution >= 0.6 is 0 Å². The Morgan fingerprint density at radius 1 is 1.42 bits per heavy atom. The maximum Gasteiger partial charge on any atom is 0.234 e. The van der Waals surface area contributed by atoms with Crippen LogP contribution in [0.1, 0.15) is 17.3 Å². The Balaban J connectivity index is 1.97. The van der Waals surface area contributed by atoms with Crippen molar-refractivity contribution in [2.45, 2.75) is 20.0 Å². The minimum atomic E-state index is -0.224. The van der Waals surface area contributed by atoms with E-state index in [1.165, 1.54) is 0 Å². The molecule has 2 heterocycles. The number of hydrogen-bond donors (Lipinski definition) is 2. The monoisotopic (exact) mass is 264 g/mol. The van der Waals surface area contributed by atoms with Crippen molar-refractivity contribution in [3.63, 3.8) is 0 Å². The number of rotatable bonds is 5. The van der Waals surface area contributed by atoms with Gasteiger partial charge in [-0.1, -0.05) is 5.21 Å². The van der Waals surface area contributed by atoms with Gasteiger partial charge in [0.05, 0.1) is 19.3 Å². The van der Waals surface area contributed by atoms with Gasteiger partial charge < -0.3 is 15.6 Å². The summed E-state index contributed by atoms with van der Waals surface area (Å²) in [5.41, 5.74) is 5.86. The number of nitrogens with two attached hydrogens (primary N) is 1. The number of carbonyl (C=O) groups is 1. The first-order valence-electron chi connectivity index (χ1n) is 5.80. The van der Waals surface area contributed by atoms with Crippen molar-refractivity contribution in [2.24, 2.45) is 12.8 Å². The Kier molecular flexibility index (Phi) is 3.85. The zero-order valence-electron chi connectivity index (χ0n) is 10.9. The first-order valence-corrected chi connectivity index (χ1v) is 5.80. The van der Waals surface area contributed by atoms with Crippen LogP contribution in [-0.4, -0.2) is 42.2 Å². The summed E-state index contributed by atoms with van der Waals surface area (Å²) in [5.74, 6) is 1.41. The summed E-state index contributed by atoms with van der Waals surface area (Å²) < 4.78 is 3.53. The molecule has 2 rings (SSSR count). The first kappa shape index (κ1) is 13.1. The molecule has 0 aliphatic carbocycles. The van der Waals surface area contributed by atoms with E-state index in [1.54, 1.807) is 10.9 Å². The van der Waals surface area contributed by atoms with Crippen LogP contribution in [0.4, 0.5) is 0 Å². The summed E-state index contributed by atoms with van der Waals surface area (Å²) in [7, 11) is 1.89. The molecular formula is C10H16N8O. The van der Waals surface area contributed by atoms with Crippen molar-refractivity contribution in [3.05, 3.63) is 23.5 Å². The Labute approximate surface area is 109 Å². The highest BCUT2D eigenvalue weighted by Gasteiger charge is 2.08. The summed E-state index contributed by atoms with van der Waals surface area (Å²) in [4.78, 5) is 11.0. The van der Waals surface area contributed by atoms with Crippen molar-refractivity contribution < 1.29 is 4.79 Å². The number of nitrogens with one attached hydrogen (secondary N) is 1. The van der Waals surface area contributed by atoms with Crippen molar-refractivity contribution >= 4 is 5.91 Å². The van der Waals surface area contributed by atoms with Gasteiger partial charge in [-0.25, -0.2) is 4.68 Å². The SMILES string of the molecule is Cc1nnc(Cn2cc(CNC(=O)CN)nn2)n1C. The van der Waals surface area contributed by atoms with Crippen LogP contribution in [0.3, 0.4) is 0 Å². The lowest BCUT2D eigenvalue weighted by Gasteiger charge is -2.01. The van der Waals surface area contributed by atoms with E-state index >= 15 is 0 Å². The first-order chi connectivity index (χ1) is 9.10. The normalized spacial score (nSPS) is 10.7. The molecule has 9 heteroatoms. The molecule has 3 N–H and O–H groups in total. The van der Waals surface area contributed by atoms with Gasteiger partial charge >= 0.3 is 0 Å². The third-order valence-corrected chi connectivity index (χ3v) is 2.72. The highest BCUT2D eigenvalue weighted by molar-refractivity contribution is 5.77. The van der Waals surface area contributed by atoms with Gasteiger partial charge in [0.25, 0.3) is 0 Å². The van der Waals surface area contributed by atoms with Crippen LogP contribution in [-0.2, 0) is 24.9 Å². The number of nitrogens with zero attached hydrogens (tertiary/aromatic N) is 6. The van der Waals surface area contributed by atoms with E-state index in [2.05, 4.69) is 25.8 Å². The highest BCUT2D eigenvalue weighted by Crippen LogP contribution is 2.01. The second kappa shape index (κ2) is 5.57. The zero-order valence-corrected chi connectivity index (χ0v) is 10.9. The van der Waals surface area contributed by atoms with Crippen LogP contribution in [0.25, 0.3) is 0 Å². The standard InChI is InChI=1S/C10H16N8O/c1-7-13-15-9(17(7)2)6-18-5-8(14-16-18)4-12-10(19)3-11/h5H,3-4,6,11H2,1-2H3,(H,12,19). The molecule has 0 radical (unpaired) electrons. The Morgan fingerprint density at radius 3 is 2.84 bits per heavy atom. The predicted octanol–water partition coefficient (Wildman–Crippen LogP) is -1.66. The van der Waals surface area contributed by atoms with Crippen LogP contribution in [0.15, 0.2) is 6.20 Å². The Hall–Kier alpha value is -2.29. The molecule has 2 aromatic rings. The fourth-order valence-corrected chi connectivity index (χ4v) is 1.49. The lowest BCUT2D eigenvalue weighted by Crippen LogP contribution is -2.29. The second-order valence-electron chi connectivity index (χ2n) is 4.11. The maximum absolute atomic E-state index is 11.0. The van der Waals surface area contributed by atoms with Gasteiger partial charge in [0.15, 0.2) is 5.82 Å². The Bertz CT molecular complexity index is 572. The molecule has 0 aliphatic heterocycles. The van der Waals surface area contributed by atoms with Crippen LogP contribution < -0.4 is 11.1 Å². The second-order valence-corrected chi connectivity index (χ2v) is 4.11. The number of aryl methyl sites for hydroxylation is 1. The molecule has 0 aliphatic rings. The molecule has 0 spiro atoms. The van der Waals surface area contributed by atoms with Crippen molar-refractivity contribution in [1.29, 1.82) is 0 Å². The van der Waals surface area contributed by atoms with Crippen molar-refractivity contribution in [3.8, 4) is 0 Å². The van der Waals surface area contributed by atoms with Crippen molar-refractivity contribution in [1.82, 2.24) is 35.1 Å². The van der Waals surface area contributed by atoms with E-state index in [-0.39, 0.29) is 12.5 Å². The van der Waals surface area contributed by atoms with E-state index in [1.807, 2.05) is 18.5 Å². The van der Waals surface area contributed by atoms with E-state index in [4.69, 9.17) is 5.73 Å². The summed E-state index contributed by atoms with van der Waals surface area (Å²) in [6.07, 6.45) is 1.75. The zero-order chi connectivity index (χ0) is 13.8. The fourth-order valence-electron chi connectivity index (χ4n) is 1.49. The van der Waals surface area contributed by atoms with Gasteiger partial charge in [0.2, 0.25) is 5.91 Å². The molecule has 102 valence electrons. The molecule has 0 atom stereocenters. The molecule has 9 nitrogen and oxygen atoms in total. The van der Waals surface area contributed by atoms with E-state index in [0.29, 0.717) is 18.8 Å². The minimum Gasteiger partial charge on any atom is -0.349 e. The lowest BCUT2D eigenvalue weighted by molar-refractivity contribution is -0.119. The summed E-state index contributed by atoms with van der Waals surface area (Å²) in [6.45, 7) is 2.64. The van der Waals surface area contributed by atoms with Crippen LogP contribution in [0, 0.1) is 6.92 Å². The third-order valence-electron chi connectivity index (χ3n) is 2.72. The van der Waals surface area contributed by atoms with Gasteiger partial charge in [0.1, 0.15) is 18.1 Å². The van der Waals surface area contributed by atoms with Gasteiger partial charge in [-0.05, 0) is 6.92 Å². The quantitative estimate of drug-likeness (QED) is 0.667. The third kappa shape index (κ3) is 3.13. The molecule has 0 aromatic carbocycles. The summed E-state index contributed by atoms with van der Waals surface area (Å²) in [5, 5.41) is 18.6. The van der Waals surface area contributed by atoms with Gasteiger partial charge in [-0.2, -0.15) is 0 Å². The van der Waals surface area contributed by atoms with Gasteiger partial charge in [-0.15, -0.1) is 15.3 Å². The topological polar surface area (TPSA) is 117 Å². The maximum atomic E-state index is 11.0. The average Bonchev–Trinajstić information content (AvgIpc) is 2.98. The average molecular weight is 264 g/mol. The summed E-state index contributed by atoms with van der Waals surface area (Å²) >= 11 is 0. The van der Waals surface area contributed by atoms with Gasteiger partial charge in [-0.3, -0.25) is 4.79 Å². The molecular weight excluding hydrogens is 248 g/mol. The molecule has 0 unspecified atom stereocenters. The number of amides is 1. The smallest absolute Gasteiger partial charge is 0.234 e. The molecule has 0 saturated carbocycles. The van der Waals surface area contributed by atoms with E-state index in [0.717, 1.165) is 11.6 Å². The summed E-state index contributed by atoms with van der Waals surface area (Å²) in [6, 6.07) is 0. The van der Waals surface area contributed by atoms with Crippen molar-refractivity contribution in [2.75, 3.05) is 6.54 Å². The lowest BCUT2D eigenvalue weighted by atomic mass is 10.4. The molecule has 1 amide bonds. The Morgan fingerprint density at radius 2 is 2.21 bits per heavy atom.